The molecule has 2 N–H and O–H groups in total. The van der Waals surface area contributed by atoms with Crippen LogP contribution in [0.3, 0.4) is 0 Å². The summed E-state index contributed by atoms with van der Waals surface area (Å²) >= 11 is -2.87. The minimum absolute atomic E-state index is 0.0666. The van der Waals surface area contributed by atoms with E-state index in [1.54, 1.807) is 0 Å². The summed E-state index contributed by atoms with van der Waals surface area (Å²) in [6.07, 6.45) is 11.3. The van der Waals surface area contributed by atoms with Gasteiger partial charge in [-0.1, -0.05) is 0 Å². The van der Waals surface area contributed by atoms with Crippen LogP contribution in [0.4, 0.5) is 0 Å². The molecule has 0 aliphatic rings. The van der Waals surface area contributed by atoms with Crippen LogP contribution in [0.15, 0.2) is 81.5 Å². The second-order valence-electron chi connectivity index (χ2n) is 9.96. The standard InChI is InChI=1S/C20H21O2.3C4H9.Sn/c21-13-7-12-19(14-17-8-3-1-4-9-17)20(16-22)15-18-10-5-2-6-11-18;3*1-3-4-2;/h1-11,21-22H,13-16H2;3*1,3-4H2,2H3;/b12-7?,20-19-;;;;. The van der Waals surface area contributed by atoms with E-state index in [2.05, 4.69) is 87.5 Å². The molecule has 3 heteroatoms. The SMILES string of the molecule is CCC[CH2][Sn]([CH2]CCC)([CH2]CCC)[C](=C/CO)/C(Cc1ccccc1)=C(/CO)Cc1ccccc1. The molecule has 2 nitrogen and oxygen atoms in total. The second-order valence-corrected chi connectivity index (χ2v) is 23.1. The Bertz CT molecular complexity index is 865. The molecule has 0 radical (unpaired) electrons. The zero-order valence-corrected chi connectivity index (χ0v) is 25.3. The molecule has 0 fully saturated rings. The molecule has 0 amide bonds. The molecule has 0 saturated carbocycles. The van der Waals surface area contributed by atoms with E-state index >= 15 is 0 Å². The molecule has 2 rings (SSSR count). The topological polar surface area (TPSA) is 40.5 Å². The summed E-state index contributed by atoms with van der Waals surface area (Å²) in [6, 6.07) is 21.2. The first kappa shape index (κ1) is 29.9. The Labute approximate surface area is 219 Å². The van der Waals surface area contributed by atoms with Crippen LogP contribution in [-0.2, 0) is 12.8 Å². The Morgan fingerprint density at radius 2 is 1.14 bits per heavy atom. The monoisotopic (exact) mass is 584 g/mol. The third-order valence-electron chi connectivity index (χ3n) is 7.32. The molecule has 0 atom stereocenters. The van der Waals surface area contributed by atoms with Crippen molar-refractivity contribution in [2.24, 2.45) is 0 Å². The van der Waals surface area contributed by atoms with Crippen LogP contribution in [-0.4, -0.2) is 41.8 Å². The van der Waals surface area contributed by atoms with Gasteiger partial charge >= 0.3 is 220 Å². The van der Waals surface area contributed by atoms with Crippen molar-refractivity contribution in [1.29, 1.82) is 0 Å². The first-order valence-electron chi connectivity index (χ1n) is 13.9. The minimum atomic E-state index is -2.87. The maximum absolute atomic E-state index is 10.7. The molecule has 0 heterocycles. The molecule has 0 saturated heterocycles. The number of hydrogen-bond acceptors (Lipinski definition) is 2. The van der Waals surface area contributed by atoms with Gasteiger partial charge in [0.15, 0.2) is 0 Å². The Balaban J connectivity index is 2.71. The Morgan fingerprint density at radius 3 is 1.54 bits per heavy atom. The van der Waals surface area contributed by atoms with Crippen molar-refractivity contribution < 1.29 is 10.2 Å². The van der Waals surface area contributed by atoms with E-state index in [1.165, 1.54) is 72.1 Å². The fourth-order valence-electron chi connectivity index (χ4n) is 5.39. The number of benzene rings is 2. The molecule has 0 bridgehead atoms. The van der Waals surface area contributed by atoms with Gasteiger partial charge in [0.1, 0.15) is 0 Å². The number of aliphatic hydroxyl groups excluding tert-OH is 2. The van der Waals surface area contributed by atoms with Gasteiger partial charge in [0.25, 0.3) is 0 Å². The molecule has 2 aromatic rings. The average Bonchev–Trinajstić information content (AvgIpc) is 2.90. The van der Waals surface area contributed by atoms with Crippen LogP contribution >= 0.6 is 0 Å². The van der Waals surface area contributed by atoms with E-state index in [0.29, 0.717) is 0 Å². The second kappa shape index (κ2) is 17.2. The molecule has 0 spiro atoms. The summed E-state index contributed by atoms with van der Waals surface area (Å²) in [5.41, 5.74) is 4.98. The van der Waals surface area contributed by atoms with Gasteiger partial charge in [-0.05, 0) is 0 Å². The van der Waals surface area contributed by atoms with Crippen molar-refractivity contribution in [2.45, 2.75) is 85.4 Å². The van der Waals surface area contributed by atoms with Crippen LogP contribution < -0.4 is 0 Å². The Morgan fingerprint density at radius 1 is 0.686 bits per heavy atom. The molecule has 192 valence electrons. The van der Waals surface area contributed by atoms with Gasteiger partial charge in [0.2, 0.25) is 0 Å². The number of aliphatic hydroxyl groups is 2. The number of rotatable bonds is 17. The van der Waals surface area contributed by atoms with E-state index < -0.39 is 18.4 Å². The molecule has 0 unspecified atom stereocenters. The maximum atomic E-state index is 10.7. The Kier molecular flexibility index (Phi) is 14.6. The van der Waals surface area contributed by atoms with Crippen LogP contribution in [0.5, 0.6) is 0 Å². The van der Waals surface area contributed by atoms with Gasteiger partial charge in [-0.15, -0.1) is 0 Å². The molecule has 0 aliphatic carbocycles. The molecule has 0 aromatic heterocycles. The van der Waals surface area contributed by atoms with Crippen LogP contribution in [0, 0.1) is 0 Å². The number of unbranched alkanes of at least 4 members (excludes halogenated alkanes) is 3. The molecule has 2 aromatic carbocycles. The van der Waals surface area contributed by atoms with E-state index in [1.807, 2.05) is 0 Å². The first-order valence-corrected chi connectivity index (χ1v) is 21.3. The number of allylic oxidation sites excluding steroid dienone is 2. The summed E-state index contributed by atoms with van der Waals surface area (Å²) in [5.74, 6) is 0. The zero-order chi connectivity index (χ0) is 25.4. The summed E-state index contributed by atoms with van der Waals surface area (Å²) in [5, 5.41) is 21.0. The van der Waals surface area contributed by atoms with Crippen LogP contribution in [0.2, 0.25) is 13.3 Å². The summed E-state index contributed by atoms with van der Waals surface area (Å²) in [4.78, 5) is 0. The average molecular weight is 583 g/mol. The third kappa shape index (κ3) is 9.55. The molecule has 0 aliphatic heterocycles. The van der Waals surface area contributed by atoms with Gasteiger partial charge in [0.05, 0.1) is 0 Å². The number of hydrogen-bond donors (Lipinski definition) is 2. The quantitative estimate of drug-likeness (QED) is 0.146. The molecule has 35 heavy (non-hydrogen) atoms. The predicted octanol–water partition coefficient (Wildman–Crippen LogP) is 8.07. The van der Waals surface area contributed by atoms with Crippen molar-refractivity contribution in [3.63, 3.8) is 0 Å². The molecular formula is C32H48O2Sn. The normalized spacial score (nSPS) is 13.1. The van der Waals surface area contributed by atoms with Gasteiger partial charge in [-0.2, -0.15) is 0 Å². The van der Waals surface area contributed by atoms with Crippen LogP contribution in [0.1, 0.15) is 70.4 Å². The van der Waals surface area contributed by atoms with E-state index in [-0.39, 0.29) is 13.2 Å². The summed E-state index contributed by atoms with van der Waals surface area (Å²) in [7, 11) is 0. The van der Waals surface area contributed by atoms with E-state index in [9.17, 15) is 10.2 Å². The zero-order valence-electron chi connectivity index (χ0n) is 22.4. The van der Waals surface area contributed by atoms with Gasteiger partial charge in [-0.3, -0.25) is 0 Å². The van der Waals surface area contributed by atoms with Gasteiger partial charge < -0.3 is 0 Å². The van der Waals surface area contributed by atoms with Crippen molar-refractivity contribution in [3.05, 3.63) is 92.6 Å². The fraction of sp³-hybridized carbons (Fsp3) is 0.500. The van der Waals surface area contributed by atoms with Crippen LogP contribution in [0.25, 0.3) is 0 Å². The third-order valence-corrected chi connectivity index (χ3v) is 23.2. The summed E-state index contributed by atoms with van der Waals surface area (Å²) in [6.45, 7) is 7.07. The fourth-order valence-corrected chi connectivity index (χ4v) is 22.7. The summed E-state index contributed by atoms with van der Waals surface area (Å²) < 4.78 is 5.54. The van der Waals surface area contributed by atoms with Gasteiger partial charge in [0, 0.05) is 0 Å². The Hall–Kier alpha value is -1.36. The van der Waals surface area contributed by atoms with Crippen molar-refractivity contribution in [3.8, 4) is 0 Å². The van der Waals surface area contributed by atoms with E-state index in [0.717, 1.165) is 18.4 Å². The van der Waals surface area contributed by atoms with Crippen molar-refractivity contribution in [1.82, 2.24) is 0 Å². The van der Waals surface area contributed by atoms with Crippen molar-refractivity contribution in [2.75, 3.05) is 13.2 Å². The van der Waals surface area contributed by atoms with E-state index in [4.69, 9.17) is 0 Å². The van der Waals surface area contributed by atoms with Crippen molar-refractivity contribution >= 4 is 18.4 Å². The molecular weight excluding hydrogens is 535 g/mol. The van der Waals surface area contributed by atoms with Gasteiger partial charge in [-0.25, -0.2) is 0 Å². The predicted molar refractivity (Wildman–Crippen MR) is 154 cm³/mol. The first-order chi connectivity index (χ1) is 17.1.